The molecule has 0 aromatic heterocycles. The monoisotopic (exact) mass is 241 g/mol. The number of allylic oxidation sites excluding steroid dienone is 1. The van der Waals surface area contributed by atoms with Crippen molar-refractivity contribution in [3.63, 3.8) is 0 Å². The highest BCUT2D eigenvalue weighted by Crippen LogP contribution is 2.41. The van der Waals surface area contributed by atoms with Gasteiger partial charge in [-0.05, 0) is 74.8 Å². The van der Waals surface area contributed by atoms with Crippen molar-refractivity contribution in [3.8, 4) is 0 Å². The molecule has 3 fully saturated rings. The molecule has 1 heteroatoms. The summed E-state index contributed by atoms with van der Waals surface area (Å²) in [6.07, 6.45) is 8.99. The molecule has 1 aromatic carbocycles. The van der Waals surface area contributed by atoms with E-state index in [1.165, 1.54) is 55.6 Å². The van der Waals surface area contributed by atoms with Crippen LogP contribution in [0.2, 0.25) is 0 Å². The Morgan fingerprint density at radius 3 is 2.11 bits per heavy atom. The van der Waals surface area contributed by atoms with E-state index < -0.39 is 0 Å². The molecule has 3 aliphatic heterocycles. The van der Waals surface area contributed by atoms with E-state index in [0.29, 0.717) is 5.41 Å². The summed E-state index contributed by atoms with van der Waals surface area (Å²) in [6.45, 7) is 8.34. The second-order valence-electron chi connectivity index (χ2n) is 6.09. The summed E-state index contributed by atoms with van der Waals surface area (Å²) >= 11 is 0. The van der Waals surface area contributed by atoms with Crippen molar-refractivity contribution in [2.24, 2.45) is 5.41 Å². The van der Waals surface area contributed by atoms with E-state index in [1.54, 1.807) is 0 Å². The molecule has 1 nitrogen and oxygen atoms in total. The Labute approximate surface area is 111 Å². The Kier molecular flexibility index (Phi) is 3.03. The third kappa shape index (κ3) is 2.12. The number of hydrogen-bond donors (Lipinski definition) is 0. The highest BCUT2D eigenvalue weighted by atomic mass is 15.1. The quantitative estimate of drug-likeness (QED) is 0.761. The summed E-state index contributed by atoms with van der Waals surface area (Å²) in [5.41, 5.74) is 4.73. The highest BCUT2D eigenvalue weighted by molar-refractivity contribution is 5.58. The van der Waals surface area contributed by atoms with Crippen LogP contribution in [0.3, 0.4) is 0 Å². The molecule has 96 valence electrons. The van der Waals surface area contributed by atoms with E-state index >= 15 is 0 Å². The van der Waals surface area contributed by atoms with Crippen LogP contribution in [0.1, 0.15) is 36.0 Å². The number of benzene rings is 1. The molecule has 2 bridgehead atoms. The van der Waals surface area contributed by atoms with Crippen LogP contribution in [0.5, 0.6) is 0 Å². The van der Waals surface area contributed by atoms with Crippen molar-refractivity contribution in [2.75, 3.05) is 19.6 Å². The normalized spacial score (nSPS) is 31.1. The molecule has 3 saturated heterocycles. The first-order valence-electron chi connectivity index (χ1n) is 7.16. The van der Waals surface area contributed by atoms with Gasteiger partial charge in [-0.3, -0.25) is 0 Å². The minimum Gasteiger partial charge on any atom is -0.303 e. The molecule has 0 saturated carbocycles. The van der Waals surface area contributed by atoms with Crippen molar-refractivity contribution in [3.05, 3.63) is 41.0 Å². The number of fused-ring (bicyclic) bond motifs is 3. The van der Waals surface area contributed by atoms with E-state index in [9.17, 15) is 0 Å². The Morgan fingerprint density at radius 2 is 1.56 bits per heavy atom. The topological polar surface area (TPSA) is 3.24 Å². The van der Waals surface area contributed by atoms with Gasteiger partial charge in [0.2, 0.25) is 0 Å². The number of rotatable bonds is 2. The van der Waals surface area contributed by atoms with Crippen LogP contribution >= 0.6 is 0 Å². The minimum atomic E-state index is 0.503. The zero-order chi connectivity index (χ0) is 12.6. The first kappa shape index (κ1) is 12.0. The van der Waals surface area contributed by atoms with Crippen LogP contribution in [0, 0.1) is 19.3 Å². The standard InChI is InChI=1S/C17H23N/c1-14-4-3-5-15(2)16(14)6-7-17-8-11-18(12-9-17)13-10-17/h3-7H,8-13H2,1-2H3. The van der Waals surface area contributed by atoms with E-state index in [4.69, 9.17) is 0 Å². The van der Waals surface area contributed by atoms with Crippen LogP contribution in [0.4, 0.5) is 0 Å². The Morgan fingerprint density at radius 1 is 1.00 bits per heavy atom. The first-order valence-corrected chi connectivity index (χ1v) is 7.16. The lowest BCUT2D eigenvalue weighted by molar-refractivity contribution is 0.0619. The molecule has 3 aliphatic rings. The Bertz CT molecular complexity index is 430. The molecule has 18 heavy (non-hydrogen) atoms. The van der Waals surface area contributed by atoms with Gasteiger partial charge in [0.05, 0.1) is 0 Å². The molecular formula is C17H23N. The van der Waals surface area contributed by atoms with Gasteiger partial charge in [-0.25, -0.2) is 0 Å². The molecule has 0 unspecified atom stereocenters. The average molecular weight is 241 g/mol. The van der Waals surface area contributed by atoms with Crippen LogP contribution in [-0.4, -0.2) is 24.5 Å². The molecule has 0 spiro atoms. The van der Waals surface area contributed by atoms with Gasteiger partial charge in [0.25, 0.3) is 0 Å². The van der Waals surface area contributed by atoms with Gasteiger partial charge < -0.3 is 4.90 Å². The van der Waals surface area contributed by atoms with E-state index in [0.717, 1.165) is 0 Å². The molecule has 0 radical (unpaired) electrons. The molecule has 4 rings (SSSR count). The number of hydrogen-bond acceptors (Lipinski definition) is 1. The molecule has 0 aliphatic carbocycles. The van der Waals surface area contributed by atoms with E-state index in [1.807, 2.05) is 0 Å². The summed E-state index contributed by atoms with van der Waals surface area (Å²) in [4.78, 5) is 2.61. The van der Waals surface area contributed by atoms with Gasteiger partial charge in [-0.2, -0.15) is 0 Å². The maximum absolute atomic E-state index is 2.61. The van der Waals surface area contributed by atoms with Gasteiger partial charge >= 0.3 is 0 Å². The third-order valence-corrected chi connectivity index (χ3v) is 4.92. The molecular weight excluding hydrogens is 218 g/mol. The lowest BCUT2D eigenvalue weighted by Gasteiger charge is -2.47. The Balaban J connectivity index is 1.85. The van der Waals surface area contributed by atoms with Gasteiger partial charge in [0, 0.05) is 0 Å². The predicted octanol–water partition coefficient (Wildman–Crippen LogP) is 3.80. The van der Waals surface area contributed by atoms with E-state index in [-0.39, 0.29) is 0 Å². The maximum Gasteiger partial charge on any atom is -0.00104 e. The lowest BCUT2D eigenvalue weighted by Crippen LogP contribution is -2.47. The average Bonchev–Trinajstić information content (AvgIpc) is 2.40. The van der Waals surface area contributed by atoms with Crippen molar-refractivity contribution in [1.29, 1.82) is 0 Å². The van der Waals surface area contributed by atoms with Crippen LogP contribution in [0.15, 0.2) is 24.3 Å². The third-order valence-electron chi connectivity index (χ3n) is 4.92. The SMILES string of the molecule is Cc1cccc(C)c1C=CC12CCN(CC1)CC2. The molecule has 0 amide bonds. The fraction of sp³-hybridized carbons (Fsp3) is 0.529. The first-order chi connectivity index (χ1) is 8.69. The molecule has 0 N–H and O–H groups in total. The summed E-state index contributed by atoms with van der Waals surface area (Å²) in [6, 6.07) is 6.58. The molecule has 1 aromatic rings. The Hall–Kier alpha value is -1.08. The van der Waals surface area contributed by atoms with Crippen LogP contribution in [-0.2, 0) is 0 Å². The van der Waals surface area contributed by atoms with Crippen molar-refractivity contribution < 1.29 is 0 Å². The predicted molar refractivity (Wildman–Crippen MR) is 77.7 cm³/mol. The second kappa shape index (κ2) is 4.55. The van der Waals surface area contributed by atoms with Crippen molar-refractivity contribution in [1.82, 2.24) is 4.90 Å². The fourth-order valence-electron chi connectivity index (χ4n) is 3.45. The van der Waals surface area contributed by atoms with Crippen molar-refractivity contribution >= 4 is 6.08 Å². The number of piperidine rings is 3. The lowest BCUT2D eigenvalue weighted by atomic mass is 9.71. The molecule has 0 atom stereocenters. The minimum absolute atomic E-state index is 0.503. The largest absolute Gasteiger partial charge is 0.303 e. The summed E-state index contributed by atoms with van der Waals surface area (Å²) in [7, 11) is 0. The van der Waals surface area contributed by atoms with Gasteiger partial charge in [0.15, 0.2) is 0 Å². The fourth-order valence-corrected chi connectivity index (χ4v) is 3.45. The van der Waals surface area contributed by atoms with Crippen LogP contribution < -0.4 is 0 Å². The smallest absolute Gasteiger partial charge is 0.00104 e. The summed E-state index contributed by atoms with van der Waals surface area (Å²) in [5, 5.41) is 0. The zero-order valence-corrected chi connectivity index (χ0v) is 11.6. The molecule has 3 heterocycles. The highest BCUT2D eigenvalue weighted by Gasteiger charge is 2.36. The van der Waals surface area contributed by atoms with Crippen molar-refractivity contribution in [2.45, 2.75) is 33.1 Å². The van der Waals surface area contributed by atoms with Gasteiger partial charge in [-0.15, -0.1) is 0 Å². The van der Waals surface area contributed by atoms with Crippen LogP contribution in [0.25, 0.3) is 6.08 Å². The maximum atomic E-state index is 2.61. The van der Waals surface area contributed by atoms with Gasteiger partial charge in [0.1, 0.15) is 0 Å². The second-order valence-corrected chi connectivity index (χ2v) is 6.09. The number of aryl methyl sites for hydroxylation is 2. The van der Waals surface area contributed by atoms with E-state index in [2.05, 4.69) is 49.1 Å². The summed E-state index contributed by atoms with van der Waals surface area (Å²) in [5.74, 6) is 0. The van der Waals surface area contributed by atoms with Gasteiger partial charge in [-0.1, -0.05) is 30.4 Å². The number of nitrogens with zero attached hydrogens (tertiary/aromatic N) is 1. The summed E-state index contributed by atoms with van der Waals surface area (Å²) < 4.78 is 0. The zero-order valence-electron chi connectivity index (χ0n) is 11.6.